The molecule has 0 radical (unpaired) electrons. The predicted molar refractivity (Wildman–Crippen MR) is 154 cm³/mol. The molecule has 0 aliphatic carbocycles. The molecule has 4 aromatic rings. The van der Waals surface area contributed by atoms with Crippen LogP contribution < -0.4 is 10.1 Å². The van der Waals surface area contributed by atoms with Gasteiger partial charge in [-0.1, -0.05) is 36.4 Å². The normalized spacial score (nSPS) is 25.9. The van der Waals surface area contributed by atoms with Gasteiger partial charge in [-0.15, -0.1) is 0 Å². The number of benzene rings is 3. The van der Waals surface area contributed by atoms with Gasteiger partial charge in [0.1, 0.15) is 12.4 Å². The van der Waals surface area contributed by atoms with E-state index in [2.05, 4.69) is 40.5 Å². The minimum absolute atomic E-state index is 0.161. The Morgan fingerprint density at radius 1 is 0.923 bits per heavy atom. The molecule has 4 aliphatic rings. The van der Waals surface area contributed by atoms with E-state index in [0.29, 0.717) is 30.6 Å². The molecule has 2 unspecified atom stereocenters. The number of ether oxygens (including phenoxy) is 1. The van der Waals surface area contributed by atoms with Gasteiger partial charge in [0.15, 0.2) is 0 Å². The third-order valence-corrected chi connectivity index (χ3v) is 10.0. The third-order valence-electron chi connectivity index (χ3n) is 10.0. The van der Waals surface area contributed by atoms with Crippen molar-refractivity contribution >= 4 is 21.7 Å². The van der Waals surface area contributed by atoms with Crippen molar-refractivity contribution in [1.29, 1.82) is 0 Å². The van der Waals surface area contributed by atoms with Crippen molar-refractivity contribution in [3.05, 3.63) is 60.3 Å². The second-order valence-electron chi connectivity index (χ2n) is 12.4. The Hall–Kier alpha value is -3.22. The van der Waals surface area contributed by atoms with E-state index in [1.54, 1.807) is 0 Å². The van der Waals surface area contributed by atoms with Crippen molar-refractivity contribution in [2.24, 2.45) is 0 Å². The Kier molecular flexibility index (Phi) is 5.56. The maximum absolute atomic E-state index is 10.5. The summed E-state index contributed by atoms with van der Waals surface area (Å²) >= 11 is 0. The standard InChI is InChI=1S/C33H36N4O2/c38-26-17-21-5-1-2-6-27(21)29(19-26)22-7-10-28-30(18-22)35-32(39-20-33-11-3-13-37(33)14-4-12-33)36-31(28)23-15-24-8-9-25(16-23)34-24/h1-2,5-7,10,17-19,23-25,34,38H,3-4,8-9,11-16,20H2. The lowest BCUT2D eigenvalue weighted by molar-refractivity contribution is 0.107. The van der Waals surface area contributed by atoms with Gasteiger partial charge in [0.05, 0.1) is 16.7 Å². The lowest BCUT2D eigenvalue weighted by Gasteiger charge is -2.32. The number of nitrogens with zero attached hydrogens (tertiary/aromatic N) is 3. The molecule has 2 bridgehead atoms. The Labute approximate surface area is 229 Å². The summed E-state index contributed by atoms with van der Waals surface area (Å²) in [4.78, 5) is 12.8. The van der Waals surface area contributed by atoms with E-state index in [1.165, 1.54) is 51.6 Å². The zero-order valence-electron chi connectivity index (χ0n) is 22.4. The fourth-order valence-corrected chi connectivity index (χ4v) is 8.15. The van der Waals surface area contributed by atoms with Crippen LogP contribution in [0.5, 0.6) is 11.8 Å². The fraction of sp³-hybridized carbons (Fsp3) is 0.455. The number of hydrogen-bond acceptors (Lipinski definition) is 6. The van der Waals surface area contributed by atoms with Crippen LogP contribution in [-0.4, -0.2) is 57.3 Å². The van der Waals surface area contributed by atoms with E-state index in [4.69, 9.17) is 14.7 Å². The summed E-state index contributed by atoms with van der Waals surface area (Å²) in [6.45, 7) is 3.05. The largest absolute Gasteiger partial charge is 0.508 e. The number of aromatic nitrogens is 2. The minimum Gasteiger partial charge on any atom is -0.508 e. The number of nitrogens with one attached hydrogen (secondary N) is 1. The number of phenols is 1. The molecule has 2 N–H and O–H groups in total. The van der Waals surface area contributed by atoms with Crippen molar-refractivity contribution in [3.8, 4) is 22.9 Å². The van der Waals surface area contributed by atoms with E-state index < -0.39 is 0 Å². The molecule has 5 heterocycles. The van der Waals surface area contributed by atoms with Crippen LogP contribution in [0.4, 0.5) is 0 Å². The highest BCUT2D eigenvalue weighted by Gasteiger charge is 2.45. The average molecular weight is 521 g/mol. The Bertz CT molecular complexity index is 1550. The third kappa shape index (κ3) is 4.07. The van der Waals surface area contributed by atoms with Crippen molar-refractivity contribution < 1.29 is 9.84 Å². The zero-order valence-corrected chi connectivity index (χ0v) is 22.4. The summed E-state index contributed by atoms with van der Waals surface area (Å²) in [5, 5.41) is 17.6. The van der Waals surface area contributed by atoms with Gasteiger partial charge in [-0.25, -0.2) is 0 Å². The van der Waals surface area contributed by atoms with Crippen LogP contribution >= 0.6 is 0 Å². The van der Waals surface area contributed by atoms with E-state index in [0.717, 1.165) is 51.3 Å². The number of rotatable bonds is 5. The van der Waals surface area contributed by atoms with Crippen molar-refractivity contribution in [2.75, 3.05) is 19.7 Å². The van der Waals surface area contributed by atoms with Crippen molar-refractivity contribution in [3.63, 3.8) is 0 Å². The van der Waals surface area contributed by atoms with Gasteiger partial charge in [-0.3, -0.25) is 4.90 Å². The van der Waals surface area contributed by atoms with Crippen LogP contribution in [0.2, 0.25) is 0 Å². The van der Waals surface area contributed by atoms with Crippen LogP contribution in [0.3, 0.4) is 0 Å². The number of aromatic hydroxyl groups is 1. The quantitative estimate of drug-likeness (QED) is 0.328. The van der Waals surface area contributed by atoms with Crippen LogP contribution in [0.1, 0.15) is 63.0 Å². The molecule has 4 aliphatic heterocycles. The maximum Gasteiger partial charge on any atom is 0.317 e. The van der Waals surface area contributed by atoms with Crippen LogP contribution in [0.25, 0.3) is 32.8 Å². The molecule has 3 aromatic carbocycles. The Morgan fingerprint density at radius 3 is 2.54 bits per heavy atom. The fourth-order valence-electron chi connectivity index (χ4n) is 8.15. The molecule has 6 heteroatoms. The topological polar surface area (TPSA) is 70.5 Å². The van der Waals surface area contributed by atoms with Gasteiger partial charge in [0.25, 0.3) is 0 Å². The first-order chi connectivity index (χ1) is 19.1. The minimum atomic E-state index is 0.161. The van der Waals surface area contributed by atoms with Crippen LogP contribution in [0, 0.1) is 0 Å². The zero-order chi connectivity index (χ0) is 26.0. The van der Waals surface area contributed by atoms with Gasteiger partial charge in [0, 0.05) is 23.4 Å². The van der Waals surface area contributed by atoms with E-state index in [1.807, 2.05) is 24.3 Å². The van der Waals surface area contributed by atoms with Crippen molar-refractivity contribution in [2.45, 2.75) is 74.9 Å². The first-order valence-corrected chi connectivity index (χ1v) is 14.8. The number of fused-ring (bicyclic) bond motifs is 5. The Balaban J connectivity index is 1.22. The van der Waals surface area contributed by atoms with Crippen LogP contribution in [0.15, 0.2) is 54.6 Å². The highest BCUT2D eigenvalue weighted by Crippen LogP contribution is 2.42. The smallest absolute Gasteiger partial charge is 0.317 e. The number of phenolic OH excluding ortho intramolecular Hbond substituents is 1. The highest BCUT2D eigenvalue weighted by atomic mass is 16.5. The molecule has 0 saturated carbocycles. The SMILES string of the molecule is Oc1cc(-c2ccc3c(C4CC5CCC(C4)N5)nc(OCC45CCCN4CCC5)nc3c2)c2ccccc2c1. The number of hydrogen-bond donors (Lipinski definition) is 2. The molecule has 4 fully saturated rings. The summed E-state index contributed by atoms with van der Waals surface area (Å²) in [7, 11) is 0. The van der Waals surface area contributed by atoms with Crippen molar-refractivity contribution in [1.82, 2.24) is 20.2 Å². The van der Waals surface area contributed by atoms with Gasteiger partial charge < -0.3 is 15.2 Å². The van der Waals surface area contributed by atoms with E-state index in [9.17, 15) is 5.11 Å². The monoisotopic (exact) mass is 520 g/mol. The van der Waals surface area contributed by atoms with Gasteiger partial charge in [-0.2, -0.15) is 9.97 Å². The highest BCUT2D eigenvalue weighted by molar-refractivity contribution is 5.99. The van der Waals surface area contributed by atoms with E-state index >= 15 is 0 Å². The first-order valence-electron chi connectivity index (χ1n) is 14.8. The molecular weight excluding hydrogens is 484 g/mol. The second-order valence-corrected chi connectivity index (χ2v) is 12.4. The molecular formula is C33H36N4O2. The molecule has 39 heavy (non-hydrogen) atoms. The second kappa shape index (κ2) is 9.17. The molecule has 1 aromatic heterocycles. The summed E-state index contributed by atoms with van der Waals surface area (Å²) in [6, 6.07) is 20.1. The average Bonchev–Trinajstić information content (AvgIpc) is 3.64. The van der Waals surface area contributed by atoms with Gasteiger partial charge in [-0.05, 0) is 105 Å². The summed E-state index contributed by atoms with van der Waals surface area (Å²) in [5.41, 5.74) is 4.30. The molecule has 0 spiro atoms. The first kappa shape index (κ1) is 23.6. The molecule has 6 nitrogen and oxygen atoms in total. The maximum atomic E-state index is 10.5. The van der Waals surface area contributed by atoms with Gasteiger partial charge >= 0.3 is 6.01 Å². The Morgan fingerprint density at radius 2 is 1.72 bits per heavy atom. The molecule has 4 saturated heterocycles. The summed E-state index contributed by atoms with van der Waals surface area (Å²) < 4.78 is 6.52. The summed E-state index contributed by atoms with van der Waals surface area (Å²) in [5.74, 6) is 0.690. The lowest BCUT2D eigenvalue weighted by Crippen LogP contribution is -2.43. The predicted octanol–water partition coefficient (Wildman–Crippen LogP) is 6.16. The molecule has 0 amide bonds. The molecule has 200 valence electrons. The van der Waals surface area contributed by atoms with Crippen LogP contribution in [-0.2, 0) is 0 Å². The number of piperidine rings is 1. The van der Waals surface area contributed by atoms with E-state index in [-0.39, 0.29) is 11.3 Å². The lowest BCUT2D eigenvalue weighted by atomic mass is 9.87. The summed E-state index contributed by atoms with van der Waals surface area (Å²) in [6.07, 6.45) is 9.71. The molecule has 8 rings (SSSR count). The van der Waals surface area contributed by atoms with Gasteiger partial charge in [0.2, 0.25) is 0 Å². The molecule has 2 atom stereocenters.